The Hall–Kier alpha value is -2.98. The summed E-state index contributed by atoms with van der Waals surface area (Å²) in [6.45, 7) is 0. The molecule has 25 heavy (non-hydrogen) atoms. The third kappa shape index (κ3) is 2.71. The molecule has 0 saturated heterocycles. The summed E-state index contributed by atoms with van der Waals surface area (Å²) in [6, 6.07) is 15.1. The molecule has 0 atom stereocenters. The van der Waals surface area contributed by atoms with Gasteiger partial charge < -0.3 is 4.98 Å². The predicted molar refractivity (Wildman–Crippen MR) is 96.4 cm³/mol. The molecule has 0 aliphatic heterocycles. The van der Waals surface area contributed by atoms with Crippen LogP contribution in [0.15, 0.2) is 67.0 Å². The van der Waals surface area contributed by atoms with Crippen LogP contribution in [-0.2, 0) is 0 Å². The van der Waals surface area contributed by atoms with Gasteiger partial charge in [-0.3, -0.25) is 4.79 Å². The Kier molecular flexibility index (Phi) is 3.82. The van der Waals surface area contributed by atoms with Crippen LogP contribution >= 0.6 is 11.6 Å². The van der Waals surface area contributed by atoms with Crippen molar-refractivity contribution < 1.29 is 9.18 Å². The van der Waals surface area contributed by atoms with E-state index in [0.29, 0.717) is 21.6 Å². The molecule has 0 radical (unpaired) electrons. The number of rotatable bonds is 3. The van der Waals surface area contributed by atoms with Gasteiger partial charge in [-0.25, -0.2) is 9.37 Å². The molecule has 0 amide bonds. The molecule has 1 N–H and O–H groups in total. The normalized spacial score (nSPS) is 11.0. The van der Waals surface area contributed by atoms with E-state index in [0.717, 1.165) is 11.1 Å². The Morgan fingerprint density at radius 1 is 1.00 bits per heavy atom. The third-order valence-corrected chi connectivity index (χ3v) is 4.34. The summed E-state index contributed by atoms with van der Waals surface area (Å²) >= 11 is 5.96. The lowest BCUT2D eigenvalue weighted by Gasteiger charge is -2.07. The van der Waals surface area contributed by atoms with Crippen molar-refractivity contribution in [3.8, 4) is 11.1 Å². The number of halogens is 2. The fraction of sp³-hybridized carbons (Fsp3) is 0. The number of nitrogens with one attached hydrogen (secondary N) is 1. The topological polar surface area (TPSA) is 45.8 Å². The molecule has 2 aromatic carbocycles. The van der Waals surface area contributed by atoms with Crippen molar-refractivity contribution >= 4 is 28.4 Å². The Morgan fingerprint density at radius 3 is 2.52 bits per heavy atom. The van der Waals surface area contributed by atoms with Gasteiger partial charge in [0.05, 0.1) is 11.1 Å². The number of hydrogen-bond donors (Lipinski definition) is 1. The fourth-order valence-corrected chi connectivity index (χ4v) is 3.02. The van der Waals surface area contributed by atoms with Gasteiger partial charge in [-0.1, -0.05) is 35.9 Å². The molecule has 122 valence electrons. The number of benzene rings is 2. The number of pyridine rings is 1. The van der Waals surface area contributed by atoms with Crippen molar-refractivity contribution in [2.75, 3.05) is 0 Å². The lowest BCUT2D eigenvalue weighted by atomic mass is 9.97. The number of H-pyrrole nitrogens is 1. The molecular formula is C20H12ClFN2O. The minimum absolute atomic E-state index is 0.0364. The molecule has 0 unspecified atom stereocenters. The van der Waals surface area contributed by atoms with Crippen molar-refractivity contribution in [1.82, 2.24) is 9.97 Å². The highest BCUT2D eigenvalue weighted by Crippen LogP contribution is 2.32. The Bertz CT molecular complexity index is 1090. The van der Waals surface area contributed by atoms with Crippen LogP contribution in [0.3, 0.4) is 0 Å². The minimum Gasteiger partial charge on any atom is -0.345 e. The molecule has 0 fully saturated rings. The van der Waals surface area contributed by atoms with E-state index in [2.05, 4.69) is 9.97 Å². The largest absolute Gasteiger partial charge is 0.345 e. The van der Waals surface area contributed by atoms with Gasteiger partial charge in [-0.05, 0) is 41.5 Å². The summed E-state index contributed by atoms with van der Waals surface area (Å²) in [7, 11) is 0. The van der Waals surface area contributed by atoms with Crippen LogP contribution in [0.2, 0.25) is 5.02 Å². The second-order valence-corrected chi connectivity index (χ2v) is 6.04. The molecule has 0 saturated carbocycles. The van der Waals surface area contributed by atoms with Gasteiger partial charge in [0.15, 0.2) is 5.78 Å². The van der Waals surface area contributed by atoms with Gasteiger partial charge in [0.1, 0.15) is 11.5 Å². The summed E-state index contributed by atoms with van der Waals surface area (Å²) in [4.78, 5) is 20.1. The second-order valence-electron chi connectivity index (χ2n) is 5.60. The smallest absolute Gasteiger partial charge is 0.198 e. The average Bonchev–Trinajstić information content (AvgIpc) is 3.06. The van der Waals surface area contributed by atoms with Crippen LogP contribution in [0.25, 0.3) is 22.2 Å². The number of carbonyl (C=O) groups excluding carboxylic acids is 1. The van der Waals surface area contributed by atoms with E-state index < -0.39 is 5.82 Å². The first kappa shape index (κ1) is 15.5. The number of hydrogen-bond acceptors (Lipinski definition) is 2. The van der Waals surface area contributed by atoms with Gasteiger partial charge in [-0.2, -0.15) is 0 Å². The van der Waals surface area contributed by atoms with Crippen molar-refractivity contribution in [3.63, 3.8) is 0 Å². The van der Waals surface area contributed by atoms with Gasteiger partial charge >= 0.3 is 0 Å². The summed E-state index contributed by atoms with van der Waals surface area (Å²) in [5.41, 5.74) is 2.74. The molecule has 0 aliphatic rings. The molecule has 2 heterocycles. The van der Waals surface area contributed by atoms with Crippen LogP contribution < -0.4 is 0 Å². The molecule has 5 heteroatoms. The number of ketones is 1. The maximum absolute atomic E-state index is 14.0. The van der Waals surface area contributed by atoms with E-state index in [4.69, 9.17) is 11.6 Å². The molecule has 0 aliphatic carbocycles. The number of fused-ring (bicyclic) bond motifs is 1. The third-order valence-electron chi connectivity index (χ3n) is 4.09. The van der Waals surface area contributed by atoms with Gasteiger partial charge in [0.2, 0.25) is 0 Å². The van der Waals surface area contributed by atoms with Crippen LogP contribution in [0.1, 0.15) is 15.9 Å². The molecule has 3 nitrogen and oxygen atoms in total. The zero-order chi connectivity index (χ0) is 17.4. The van der Waals surface area contributed by atoms with Gasteiger partial charge in [-0.15, -0.1) is 0 Å². The number of nitrogens with zero attached hydrogens (tertiary/aromatic N) is 1. The summed E-state index contributed by atoms with van der Waals surface area (Å²) in [5.74, 6) is -0.925. The Morgan fingerprint density at radius 2 is 1.76 bits per heavy atom. The Balaban J connectivity index is 1.93. The maximum atomic E-state index is 14.0. The highest BCUT2D eigenvalue weighted by Gasteiger charge is 2.20. The van der Waals surface area contributed by atoms with Crippen molar-refractivity contribution in [3.05, 3.63) is 89.0 Å². The lowest BCUT2D eigenvalue weighted by molar-refractivity contribution is 0.103. The van der Waals surface area contributed by atoms with Crippen molar-refractivity contribution in [2.24, 2.45) is 0 Å². The van der Waals surface area contributed by atoms with Crippen LogP contribution in [0.4, 0.5) is 4.39 Å². The molecule has 4 rings (SSSR count). The van der Waals surface area contributed by atoms with Gasteiger partial charge in [0.25, 0.3) is 0 Å². The van der Waals surface area contributed by atoms with Crippen LogP contribution in [-0.4, -0.2) is 15.8 Å². The van der Waals surface area contributed by atoms with Gasteiger partial charge in [0, 0.05) is 22.8 Å². The first-order valence-corrected chi connectivity index (χ1v) is 8.04. The van der Waals surface area contributed by atoms with Crippen LogP contribution in [0, 0.1) is 5.82 Å². The molecule has 0 bridgehead atoms. The second kappa shape index (κ2) is 6.15. The van der Waals surface area contributed by atoms with Crippen molar-refractivity contribution in [2.45, 2.75) is 0 Å². The molecule has 2 aromatic heterocycles. The first-order chi connectivity index (χ1) is 12.1. The quantitative estimate of drug-likeness (QED) is 0.513. The zero-order valence-corrected chi connectivity index (χ0v) is 13.7. The van der Waals surface area contributed by atoms with E-state index >= 15 is 0 Å². The van der Waals surface area contributed by atoms with E-state index in [9.17, 15) is 9.18 Å². The van der Waals surface area contributed by atoms with E-state index in [1.807, 2.05) is 18.2 Å². The van der Waals surface area contributed by atoms with E-state index in [-0.39, 0.29) is 11.3 Å². The summed E-state index contributed by atoms with van der Waals surface area (Å²) in [5, 5.41) is 1.30. The average molecular weight is 351 g/mol. The van der Waals surface area contributed by atoms with Crippen molar-refractivity contribution in [1.29, 1.82) is 0 Å². The fourth-order valence-electron chi connectivity index (χ4n) is 2.90. The SMILES string of the molecule is O=C(c1ccccc1F)c1c[nH]c2nccc(-c3ccc(Cl)cc3)c12. The van der Waals surface area contributed by atoms with E-state index in [1.165, 1.54) is 12.1 Å². The monoisotopic (exact) mass is 350 g/mol. The molecule has 0 spiro atoms. The summed E-state index contributed by atoms with van der Waals surface area (Å²) < 4.78 is 14.0. The standard InChI is InChI=1S/C20H12ClFN2O/c21-13-7-5-12(6-8-13)14-9-10-23-20-18(14)16(11-24-20)19(25)15-3-1-2-4-17(15)22/h1-11H,(H,23,24). The molecular weight excluding hydrogens is 339 g/mol. The Labute approximate surface area is 148 Å². The molecule has 4 aromatic rings. The summed E-state index contributed by atoms with van der Waals surface area (Å²) in [6.07, 6.45) is 3.24. The minimum atomic E-state index is -0.543. The van der Waals surface area contributed by atoms with E-state index in [1.54, 1.807) is 36.7 Å². The lowest BCUT2D eigenvalue weighted by Crippen LogP contribution is -2.03. The van der Waals surface area contributed by atoms with Crippen LogP contribution in [0.5, 0.6) is 0 Å². The number of aromatic amines is 1. The number of carbonyl (C=O) groups is 1. The highest BCUT2D eigenvalue weighted by molar-refractivity contribution is 6.30. The maximum Gasteiger partial charge on any atom is 0.198 e. The predicted octanol–water partition coefficient (Wildman–Crippen LogP) is 5.25. The first-order valence-electron chi connectivity index (χ1n) is 7.66. The highest BCUT2D eigenvalue weighted by atomic mass is 35.5. The zero-order valence-electron chi connectivity index (χ0n) is 13.0. The number of aromatic nitrogens is 2.